The van der Waals surface area contributed by atoms with Gasteiger partial charge in [-0.15, -0.1) is 0 Å². The molecule has 2 N–H and O–H groups in total. The van der Waals surface area contributed by atoms with Gasteiger partial charge in [0.05, 0.1) is 0 Å². The summed E-state index contributed by atoms with van der Waals surface area (Å²) in [6, 6.07) is 15.9. The molecule has 26 heavy (non-hydrogen) atoms. The molecule has 1 aliphatic rings. The number of Topliss-reactive ketones (excluding diaryl/α,β-unsaturated/α-hetero) is 1. The number of hydrogen-bond acceptors (Lipinski definition) is 4. The summed E-state index contributed by atoms with van der Waals surface area (Å²) in [7, 11) is 0. The second-order valence-corrected chi connectivity index (χ2v) is 7.18. The Hall–Kier alpha value is -2.17. The first kappa shape index (κ1) is 18.6. The molecule has 0 bridgehead atoms. The number of ketones is 1. The number of nitrogens with one attached hydrogen (secondary N) is 1. The maximum Gasteiger partial charge on any atom is 0.159 e. The van der Waals surface area contributed by atoms with Gasteiger partial charge in [0.25, 0.3) is 0 Å². The summed E-state index contributed by atoms with van der Waals surface area (Å²) in [4.78, 5) is 11.3. The van der Waals surface area contributed by atoms with Crippen LogP contribution in [0.4, 0.5) is 0 Å². The molecule has 2 aromatic carbocycles. The molecule has 0 spiro atoms. The van der Waals surface area contributed by atoms with Gasteiger partial charge >= 0.3 is 0 Å². The number of benzene rings is 2. The number of carbonyl (C=O) groups excluding carboxylic acids is 1. The molecular weight excluding hydrogens is 326 g/mol. The zero-order valence-electron chi connectivity index (χ0n) is 15.4. The van der Waals surface area contributed by atoms with Crippen LogP contribution in [0, 0.1) is 12.8 Å². The van der Waals surface area contributed by atoms with E-state index in [0.29, 0.717) is 29.8 Å². The minimum Gasteiger partial charge on any atom is -0.491 e. The molecule has 4 nitrogen and oxygen atoms in total. The summed E-state index contributed by atoms with van der Waals surface area (Å²) in [5, 5.41) is 13.8. The molecular formula is C22H27NO3. The molecule has 0 unspecified atom stereocenters. The Morgan fingerprint density at radius 2 is 1.81 bits per heavy atom. The van der Waals surface area contributed by atoms with Gasteiger partial charge in [0.2, 0.25) is 0 Å². The highest BCUT2D eigenvalue weighted by atomic mass is 16.5. The van der Waals surface area contributed by atoms with Crippen molar-refractivity contribution in [1.29, 1.82) is 0 Å². The predicted octanol–water partition coefficient (Wildman–Crippen LogP) is 3.68. The van der Waals surface area contributed by atoms with Crippen LogP contribution in [-0.2, 0) is 0 Å². The fourth-order valence-electron chi connectivity index (χ4n) is 3.06. The van der Waals surface area contributed by atoms with Crippen LogP contribution in [0.1, 0.15) is 47.3 Å². The summed E-state index contributed by atoms with van der Waals surface area (Å²) < 4.78 is 5.63. The molecule has 2 aromatic rings. The third-order valence-electron chi connectivity index (χ3n) is 4.81. The highest BCUT2D eigenvalue weighted by Crippen LogP contribution is 2.41. The van der Waals surface area contributed by atoms with Crippen molar-refractivity contribution >= 4 is 5.78 Å². The molecule has 0 aromatic heterocycles. The van der Waals surface area contributed by atoms with E-state index in [-0.39, 0.29) is 12.4 Å². The number of ether oxygens (including phenoxy) is 1. The van der Waals surface area contributed by atoms with E-state index in [1.165, 1.54) is 30.9 Å². The van der Waals surface area contributed by atoms with Gasteiger partial charge in [-0.1, -0.05) is 29.8 Å². The van der Waals surface area contributed by atoms with Crippen molar-refractivity contribution in [1.82, 2.24) is 5.32 Å². The Morgan fingerprint density at radius 1 is 1.15 bits per heavy atom. The topological polar surface area (TPSA) is 58.6 Å². The Morgan fingerprint density at radius 3 is 2.38 bits per heavy atom. The van der Waals surface area contributed by atoms with Crippen molar-refractivity contribution in [3.05, 3.63) is 65.2 Å². The quantitative estimate of drug-likeness (QED) is 0.675. The molecule has 1 aliphatic carbocycles. The predicted molar refractivity (Wildman–Crippen MR) is 103 cm³/mol. The van der Waals surface area contributed by atoms with Gasteiger partial charge in [-0.2, -0.15) is 0 Å². The minimum atomic E-state index is -0.589. The summed E-state index contributed by atoms with van der Waals surface area (Å²) in [5.41, 5.74) is 3.20. The number of aliphatic hydroxyl groups is 1. The molecule has 0 radical (unpaired) electrons. The minimum absolute atomic E-state index is 0.0306. The first-order valence-corrected chi connectivity index (χ1v) is 9.25. The molecule has 2 atom stereocenters. The van der Waals surface area contributed by atoms with Crippen molar-refractivity contribution in [3.8, 4) is 5.75 Å². The van der Waals surface area contributed by atoms with Crippen LogP contribution in [0.2, 0.25) is 0 Å². The van der Waals surface area contributed by atoms with Crippen LogP contribution in [0.3, 0.4) is 0 Å². The first-order chi connectivity index (χ1) is 12.5. The van der Waals surface area contributed by atoms with Crippen molar-refractivity contribution in [3.63, 3.8) is 0 Å². The highest BCUT2D eigenvalue weighted by molar-refractivity contribution is 5.94. The molecule has 1 saturated carbocycles. The smallest absolute Gasteiger partial charge is 0.159 e. The number of carbonyl (C=O) groups is 1. The summed E-state index contributed by atoms with van der Waals surface area (Å²) in [5.74, 6) is 1.35. The lowest BCUT2D eigenvalue weighted by Gasteiger charge is -2.21. The molecule has 4 heteroatoms. The average Bonchev–Trinajstić information content (AvgIpc) is 3.47. The van der Waals surface area contributed by atoms with Gasteiger partial charge in [-0.3, -0.25) is 4.79 Å². The Kier molecular flexibility index (Phi) is 6.07. The second kappa shape index (κ2) is 8.47. The van der Waals surface area contributed by atoms with E-state index in [1.807, 2.05) is 0 Å². The van der Waals surface area contributed by atoms with E-state index in [0.717, 1.165) is 0 Å². The molecule has 3 rings (SSSR count). The van der Waals surface area contributed by atoms with E-state index in [9.17, 15) is 9.90 Å². The van der Waals surface area contributed by atoms with Gasteiger partial charge in [-0.25, -0.2) is 0 Å². The molecule has 0 saturated heterocycles. The van der Waals surface area contributed by atoms with Crippen LogP contribution in [0.25, 0.3) is 0 Å². The third kappa shape index (κ3) is 5.16. The number of rotatable bonds is 9. The van der Waals surface area contributed by atoms with E-state index < -0.39 is 6.10 Å². The second-order valence-electron chi connectivity index (χ2n) is 7.18. The maximum atomic E-state index is 11.3. The van der Waals surface area contributed by atoms with Crippen molar-refractivity contribution in [2.75, 3.05) is 13.2 Å². The first-order valence-electron chi connectivity index (χ1n) is 9.25. The Labute approximate surface area is 155 Å². The van der Waals surface area contributed by atoms with Crippen LogP contribution in [-0.4, -0.2) is 30.1 Å². The van der Waals surface area contributed by atoms with Gasteiger partial charge in [0.1, 0.15) is 18.5 Å². The molecule has 0 amide bonds. The SMILES string of the molecule is CC(=O)c1ccc(OC[C@@H](O)CN[C@H](c2ccc(C)cc2)C2CC2)cc1. The monoisotopic (exact) mass is 353 g/mol. The van der Waals surface area contributed by atoms with Gasteiger partial charge in [0, 0.05) is 18.2 Å². The summed E-state index contributed by atoms with van der Waals surface area (Å²) >= 11 is 0. The lowest BCUT2D eigenvalue weighted by Crippen LogP contribution is -2.34. The normalized spacial score (nSPS) is 16.1. The zero-order chi connectivity index (χ0) is 18.5. The average molecular weight is 353 g/mol. The fourth-order valence-corrected chi connectivity index (χ4v) is 3.06. The van der Waals surface area contributed by atoms with Crippen LogP contribution < -0.4 is 10.1 Å². The Bertz CT molecular complexity index is 720. The van der Waals surface area contributed by atoms with Crippen molar-refractivity contribution < 1.29 is 14.6 Å². The van der Waals surface area contributed by atoms with Crippen LogP contribution in [0.15, 0.2) is 48.5 Å². The third-order valence-corrected chi connectivity index (χ3v) is 4.81. The lowest BCUT2D eigenvalue weighted by atomic mass is 10.0. The van der Waals surface area contributed by atoms with Crippen LogP contribution in [0.5, 0.6) is 5.75 Å². The lowest BCUT2D eigenvalue weighted by molar-refractivity contribution is 0.101. The number of aliphatic hydroxyl groups excluding tert-OH is 1. The maximum absolute atomic E-state index is 11.3. The van der Waals surface area contributed by atoms with Gasteiger partial charge < -0.3 is 15.2 Å². The summed E-state index contributed by atoms with van der Waals surface area (Å²) in [6.45, 7) is 4.33. The van der Waals surface area contributed by atoms with Gasteiger partial charge in [-0.05, 0) is 62.4 Å². The largest absolute Gasteiger partial charge is 0.491 e. The summed E-state index contributed by atoms with van der Waals surface area (Å²) in [6.07, 6.45) is 1.88. The fraction of sp³-hybridized carbons (Fsp3) is 0.409. The molecule has 0 aliphatic heterocycles. The van der Waals surface area contributed by atoms with Crippen molar-refractivity contribution in [2.45, 2.75) is 38.8 Å². The zero-order valence-corrected chi connectivity index (χ0v) is 15.4. The van der Waals surface area contributed by atoms with Crippen molar-refractivity contribution in [2.24, 2.45) is 5.92 Å². The molecule has 0 heterocycles. The van der Waals surface area contributed by atoms with E-state index >= 15 is 0 Å². The van der Waals surface area contributed by atoms with Gasteiger partial charge in [0.15, 0.2) is 5.78 Å². The van der Waals surface area contributed by atoms with E-state index in [1.54, 1.807) is 24.3 Å². The van der Waals surface area contributed by atoms with E-state index in [2.05, 4.69) is 36.5 Å². The number of hydrogen-bond donors (Lipinski definition) is 2. The highest BCUT2D eigenvalue weighted by Gasteiger charge is 2.32. The Balaban J connectivity index is 1.48. The number of aryl methyl sites for hydroxylation is 1. The molecule has 1 fully saturated rings. The van der Waals surface area contributed by atoms with E-state index in [4.69, 9.17) is 4.74 Å². The standard InChI is InChI=1S/C22H27NO3/c1-15-3-5-18(6-4-15)22(19-7-8-19)23-13-20(25)14-26-21-11-9-17(10-12-21)16(2)24/h3-6,9-12,19-20,22-23,25H,7-8,13-14H2,1-2H3/t20-,22+/m0/s1. The molecule has 138 valence electrons. The van der Waals surface area contributed by atoms with Crippen LogP contribution >= 0.6 is 0 Å².